The van der Waals surface area contributed by atoms with Gasteiger partial charge < -0.3 is 4.57 Å². The van der Waals surface area contributed by atoms with Gasteiger partial charge >= 0.3 is 0 Å². The topological polar surface area (TPSA) is 28.7 Å². The third-order valence-electron chi connectivity index (χ3n) is 9.03. The molecule has 42 heavy (non-hydrogen) atoms. The normalized spacial score (nSPS) is 15.7. The lowest BCUT2D eigenvalue weighted by atomic mass is 9.69. The Morgan fingerprint density at radius 3 is 2.19 bits per heavy atom. The predicted molar refractivity (Wildman–Crippen MR) is 173 cm³/mol. The summed E-state index contributed by atoms with van der Waals surface area (Å²) in [5, 5.41) is 11.9. The van der Waals surface area contributed by atoms with E-state index in [0.717, 1.165) is 16.7 Å². The van der Waals surface area contributed by atoms with Crippen LogP contribution in [0.5, 0.6) is 0 Å². The van der Waals surface area contributed by atoms with E-state index in [9.17, 15) is 5.26 Å². The minimum Gasteiger partial charge on any atom is -0.309 e. The van der Waals surface area contributed by atoms with Crippen LogP contribution in [-0.2, 0) is 0 Å². The Morgan fingerprint density at radius 2 is 1.31 bits per heavy atom. The molecule has 8 rings (SSSR count). The fourth-order valence-electron chi connectivity index (χ4n) is 7.10. The molecule has 1 aliphatic carbocycles. The SMILES string of the molecule is CC1c2ccc(-c3ccc4c(c3)c3ccccc3n4-c3cccc(C#N)c3)cc2-c2ccccc2C1c1ccccc1. The van der Waals surface area contributed by atoms with E-state index in [-0.39, 0.29) is 0 Å². The molecule has 2 unspecified atom stereocenters. The van der Waals surface area contributed by atoms with Gasteiger partial charge in [-0.15, -0.1) is 0 Å². The van der Waals surface area contributed by atoms with Crippen molar-refractivity contribution >= 4 is 21.8 Å². The zero-order valence-electron chi connectivity index (χ0n) is 23.3. The largest absolute Gasteiger partial charge is 0.309 e. The first-order valence-electron chi connectivity index (χ1n) is 14.5. The van der Waals surface area contributed by atoms with Crippen LogP contribution in [0.25, 0.3) is 49.7 Å². The van der Waals surface area contributed by atoms with Gasteiger partial charge in [0.05, 0.1) is 22.7 Å². The number of nitriles is 1. The van der Waals surface area contributed by atoms with Crippen molar-refractivity contribution in [1.82, 2.24) is 4.57 Å². The average molecular weight is 537 g/mol. The predicted octanol–water partition coefficient (Wildman–Crippen LogP) is 10.2. The smallest absolute Gasteiger partial charge is 0.0992 e. The lowest BCUT2D eigenvalue weighted by molar-refractivity contribution is 0.649. The molecular weight excluding hydrogens is 508 g/mol. The second-order valence-corrected chi connectivity index (χ2v) is 11.3. The Bertz CT molecular complexity index is 2180. The Labute approximate surface area is 245 Å². The molecule has 1 aliphatic rings. The molecule has 0 amide bonds. The van der Waals surface area contributed by atoms with Crippen molar-refractivity contribution in [3.8, 4) is 34.0 Å². The summed E-state index contributed by atoms with van der Waals surface area (Å²) in [6, 6.07) is 52.4. The van der Waals surface area contributed by atoms with Crippen molar-refractivity contribution in [2.75, 3.05) is 0 Å². The molecule has 0 saturated heterocycles. The molecule has 2 heteroatoms. The summed E-state index contributed by atoms with van der Waals surface area (Å²) in [5.41, 5.74) is 13.2. The highest BCUT2D eigenvalue weighted by molar-refractivity contribution is 6.10. The fraction of sp³-hybridized carbons (Fsp3) is 0.0750. The molecule has 0 aliphatic heterocycles. The first-order valence-corrected chi connectivity index (χ1v) is 14.5. The second kappa shape index (κ2) is 9.61. The van der Waals surface area contributed by atoms with Gasteiger partial charge in [-0.1, -0.05) is 104 Å². The van der Waals surface area contributed by atoms with Gasteiger partial charge in [-0.3, -0.25) is 0 Å². The van der Waals surface area contributed by atoms with Gasteiger partial charge in [0.1, 0.15) is 0 Å². The molecule has 0 fully saturated rings. The fourth-order valence-corrected chi connectivity index (χ4v) is 7.10. The van der Waals surface area contributed by atoms with Crippen molar-refractivity contribution in [3.05, 3.63) is 162 Å². The molecule has 2 atom stereocenters. The van der Waals surface area contributed by atoms with Crippen LogP contribution in [0.15, 0.2) is 140 Å². The van der Waals surface area contributed by atoms with E-state index in [0.29, 0.717) is 17.4 Å². The maximum Gasteiger partial charge on any atom is 0.0992 e. The van der Waals surface area contributed by atoms with Crippen LogP contribution in [0.2, 0.25) is 0 Å². The minimum absolute atomic E-state index is 0.336. The first-order chi connectivity index (χ1) is 20.7. The first kappa shape index (κ1) is 24.4. The summed E-state index contributed by atoms with van der Waals surface area (Å²) in [4.78, 5) is 0. The molecule has 0 radical (unpaired) electrons. The number of para-hydroxylation sites is 1. The summed E-state index contributed by atoms with van der Waals surface area (Å²) in [6.45, 7) is 2.37. The van der Waals surface area contributed by atoms with Gasteiger partial charge in [-0.05, 0) is 87.3 Å². The Balaban J connectivity index is 1.29. The third-order valence-corrected chi connectivity index (χ3v) is 9.03. The van der Waals surface area contributed by atoms with Gasteiger partial charge in [-0.2, -0.15) is 5.26 Å². The molecule has 0 bridgehead atoms. The molecule has 1 heterocycles. The van der Waals surface area contributed by atoms with Gasteiger partial charge in [-0.25, -0.2) is 0 Å². The quantitative estimate of drug-likeness (QED) is 0.221. The van der Waals surface area contributed by atoms with Crippen molar-refractivity contribution in [1.29, 1.82) is 5.26 Å². The molecule has 2 nitrogen and oxygen atoms in total. The van der Waals surface area contributed by atoms with E-state index >= 15 is 0 Å². The number of aromatic nitrogens is 1. The maximum atomic E-state index is 9.52. The van der Waals surface area contributed by atoms with Gasteiger partial charge in [0.25, 0.3) is 0 Å². The summed E-state index contributed by atoms with van der Waals surface area (Å²) in [5.74, 6) is 0.707. The van der Waals surface area contributed by atoms with Crippen molar-refractivity contribution < 1.29 is 0 Å². The Morgan fingerprint density at radius 1 is 0.571 bits per heavy atom. The van der Waals surface area contributed by atoms with Gasteiger partial charge in [0.15, 0.2) is 0 Å². The highest BCUT2D eigenvalue weighted by Gasteiger charge is 2.32. The zero-order chi connectivity index (χ0) is 28.2. The lowest BCUT2D eigenvalue weighted by Gasteiger charge is -2.34. The summed E-state index contributed by atoms with van der Waals surface area (Å²) < 4.78 is 2.27. The molecule has 0 spiro atoms. The number of nitrogens with zero attached hydrogens (tertiary/aromatic N) is 2. The van der Waals surface area contributed by atoms with Crippen LogP contribution in [-0.4, -0.2) is 4.57 Å². The Hall–Kier alpha value is -5.39. The van der Waals surface area contributed by atoms with E-state index in [1.165, 1.54) is 49.7 Å². The Kier molecular flexibility index (Phi) is 5.59. The van der Waals surface area contributed by atoms with E-state index in [4.69, 9.17) is 0 Å². The molecule has 0 N–H and O–H groups in total. The van der Waals surface area contributed by atoms with E-state index in [1.54, 1.807) is 0 Å². The van der Waals surface area contributed by atoms with E-state index in [2.05, 4.69) is 139 Å². The molecule has 1 aromatic heterocycles. The maximum absolute atomic E-state index is 9.52. The van der Waals surface area contributed by atoms with Crippen LogP contribution in [0.4, 0.5) is 0 Å². The average Bonchev–Trinajstić information content (AvgIpc) is 3.39. The molecule has 198 valence electrons. The van der Waals surface area contributed by atoms with Gasteiger partial charge in [0.2, 0.25) is 0 Å². The van der Waals surface area contributed by atoms with E-state index in [1.807, 2.05) is 18.2 Å². The number of hydrogen-bond acceptors (Lipinski definition) is 1. The van der Waals surface area contributed by atoms with Crippen LogP contribution in [0.1, 0.15) is 41.0 Å². The number of rotatable bonds is 3. The van der Waals surface area contributed by atoms with Crippen LogP contribution in [0, 0.1) is 11.3 Å². The summed E-state index contributed by atoms with van der Waals surface area (Å²) in [7, 11) is 0. The van der Waals surface area contributed by atoms with Crippen molar-refractivity contribution in [2.24, 2.45) is 0 Å². The van der Waals surface area contributed by atoms with Crippen molar-refractivity contribution in [3.63, 3.8) is 0 Å². The third kappa shape index (κ3) is 3.71. The zero-order valence-corrected chi connectivity index (χ0v) is 23.3. The number of hydrogen-bond donors (Lipinski definition) is 0. The summed E-state index contributed by atoms with van der Waals surface area (Å²) in [6.07, 6.45) is 0. The van der Waals surface area contributed by atoms with Gasteiger partial charge in [0, 0.05) is 22.4 Å². The number of fused-ring (bicyclic) bond motifs is 6. The standard InChI is InChI=1S/C40H28N2/c1-26-32-20-18-29(23-36(32)33-14-5-6-16-35(33)40(26)28-11-3-2-4-12-28)30-19-21-39-37(24-30)34-15-7-8-17-38(34)42(39)31-13-9-10-27(22-31)25-41/h2-24,26,40H,1H3. The molecule has 7 aromatic rings. The van der Waals surface area contributed by atoms with E-state index < -0.39 is 0 Å². The second-order valence-electron chi connectivity index (χ2n) is 11.3. The van der Waals surface area contributed by atoms with Crippen LogP contribution in [0.3, 0.4) is 0 Å². The summed E-state index contributed by atoms with van der Waals surface area (Å²) >= 11 is 0. The van der Waals surface area contributed by atoms with Crippen LogP contribution < -0.4 is 0 Å². The molecule has 6 aromatic carbocycles. The van der Waals surface area contributed by atoms with Crippen molar-refractivity contribution in [2.45, 2.75) is 18.8 Å². The highest BCUT2D eigenvalue weighted by Crippen LogP contribution is 2.50. The van der Waals surface area contributed by atoms with Crippen LogP contribution >= 0.6 is 0 Å². The lowest BCUT2D eigenvalue weighted by Crippen LogP contribution is -2.16. The molecule has 0 saturated carbocycles. The molecular formula is C40H28N2. The highest BCUT2D eigenvalue weighted by atomic mass is 15.0. The minimum atomic E-state index is 0.336. The monoisotopic (exact) mass is 536 g/mol. The number of benzene rings is 6.